The molecule has 0 aliphatic carbocycles. The largest absolute Gasteiger partial charge is 0.376 e. The topological polar surface area (TPSA) is 6.48 Å². The molecule has 2 aliphatic heterocycles. The molecular formula is C9H16N2. The molecule has 0 saturated carbocycles. The number of hydrogen-bond acceptors (Lipinski definition) is 2. The molecule has 0 aromatic carbocycles. The van der Waals surface area contributed by atoms with Crippen LogP contribution in [0, 0.1) is 0 Å². The number of fused-ring (bicyclic) bond motifs is 1. The van der Waals surface area contributed by atoms with Crippen LogP contribution in [0.2, 0.25) is 0 Å². The van der Waals surface area contributed by atoms with Crippen LogP contribution in [0.1, 0.15) is 12.8 Å². The second kappa shape index (κ2) is 2.52. The smallest absolute Gasteiger partial charge is 0.0381 e. The molecule has 0 bridgehead atoms. The third-order valence-corrected chi connectivity index (χ3v) is 2.91. The van der Waals surface area contributed by atoms with E-state index in [-0.39, 0.29) is 0 Å². The van der Waals surface area contributed by atoms with Crippen molar-refractivity contribution < 1.29 is 0 Å². The Morgan fingerprint density at radius 3 is 3.18 bits per heavy atom. The van der Waals surface area contributed by atoms with Gasteiger partial charge in [-0.25, -0.2) is 0 Å². The highest BCUT2D eigenvalue weighted by Crippen LogP contribution is 2.24. The highest BCUT2D eigenvalue weighted by atomic mass is 15.3. The van der Waals surface area contributed by atoms with Crippen LogP contribution < -0.4 is 0 Å². The first-order chi connectivity index (χ1) is 5.27. The molecule has 0 amide bonds. The summed E-state index contributed by atoms with van der Waals surface area (Å²) in [5.41, 5.74) is 1.28. The normalized spacial score (nSPS) is 32.6. The van der Waals surface area contributed by atoms with Gasteiger partial charge in [-0.15, -0.1) is 0 Å². The molecule has 0 aromatic rings. The molecule has 2 aliphatic rings. The molecule has 2 heteroatoms. The molecule has 2 fully saturated rings. The molecule has 0 radical (unpaired) electrons. The SMILES string of the molecule is C=C1CN2CCCC2CN1C. The quantitative estimate of drug-likeness (QED) is 0.509. The van der Waals surface area contributed by atoms with E-state index >= 15 is 0 Å². The maximum atomic E-state index is 4.04. The van der Waals surface area contributed by atoms with E-state index in [9.17, 15) is 0 Å². The van der Waals surface area contributed by atoms with E-state index < -0.39 is 0 Å². The zero-order valence-corrected chi connectivity index (χ0v) is 7.21. The molecule has 0 aromatic heterocycles. The van der Waals surface area contributed by atoms with E-state index in [0.717, 1.165) is 12.6 Å². The Balaban J connectivity index is 2.06. The number of likely N-dealkylation sites (N-methyl/N-ethyl adjacent to an activating group) is 1. The molecule has 2 heterocycles. The van der Waals surface area contributed by atoms with Crippen molar-refractivity contribution in [3.8, 4) is 0 Å². The molecular weight excluding hydrogens is 136 g/mol. The van der Waals surface area contributed by atoms with E-state index in [2.05, 4.69) is 23.4 Å². The predicted molar refractivity (Wildman–Crippen MR) is 46.4 cm³/mol. The minimum Gasteiger partial charge on any atom is -0.376 e. The van der Waals surface area contributed by atoms with Crippen molar-refractivity contribution in [3.05, 3.63) is 12.3 Å². The summed E-state index contributed by atoms with van der Waals surface area (Å²) in [6.45, 7) is 7.62. The van der Waals surface area contributed by atoms with Gasteiger partial charge >= 0.3 is 0 Å². The summed E-state index contributed by atoms with van der Waals surface area (Å²) in [4.78, 5) is 4.86. The maximum Gasteiger partial charge on any atom is 0.0381 e. The van der Waals surface area contributed by atoms with Crippen LogP contribution in [0.5, 0.6) is 0 Å². The number of hydrogen-bond donors (Lipinski definition) is 0. The zero-order valence-electron chi connectivity index (χ0n) is 7.21. The first-order valence-corrected chi connectivity index (χ1v) is 4.40. The van der Waals surface area contributed by atoms with Crippen molar-refractivity contribution in [2.75, 3.05) is 26.7 Å². The van der Waals surface area contributed by atoms with Gasteiger partial charge in [0.2, 0.25) is 0 Å². The van der Waals surface area contributed by atoms with E-state index in [1.807, 2.05) is 0 Å². The van der Waals surface area contributed by atoms with Crippen molar-refractivity contribution in [2.24, 2.45) is 0 Å². The van der Waals surface area contributed by atoms with Crippen molar-refractivity contribution in [2.45, 2.75) is 18.9 Å². The molecule has 1 unspecified atom stereocenters. The monoisotopic (exact) mass is 152 g/mol. The Kier molecular flexibility index (Phi) is 1.64. The molecule has 62 valence electrons. The average Bonchev–Trinajstić information content (AvgIpc) is 2.36. The number of piperazine rings is 1. The minimum atomic E-state index is 0.825. The lowest BCUT2D eigenvalue weighted by Crippen LogP contribution is -2.46. The molecule has 2 saturated heterocycles. The summed E-state index contributed by atoms with van der Waals surface area (Å²) in [7, 11) is 2.15. The highest BCUT2D eigenvalue weighted by Gasteiger charge is 2.30. The Hall–Kier alpha value is -0.500. The molecule has 1 atom stereocenters. The van der Waals surface area contributed by atoms with Gasteiger partial charge in [0.05, 0.1) is 0 Å². The van der Waals surface area contributed by atoms with Gasteiger partial charge < -0.3 is 4.90 Å². The Morgan fingerprint density at radius 2 is 2.36 bits per heavy atom. The summed E-state index contributed by atoms with van der Waals surface area (Å²) < 4.78 is 0. The van der Waals surface area contributed by atoms with Gasteiger partial charge in [0.1, 0.15) is 0 Å². The van der Waals surface area contributed by atoms with Gasteiger partial charge in [0, 0.05) is 31.9 Å². The van der Waals surface area contributed by atoms with Gasteiger partial charge in [0.15, 0.2) is 0 Å². The minimum absolute atomic E-state index is 0.825. The van der Waals surface area contributed by atoms with Crippen LogP contribution in [-0.4, -0.2) is 42.5 Å². The third-order valence-electron chi connectivity index (χ3n) is 2.91. The number of nitrogens with zero attached hydrogens (tertiary/aromatic N) is 2. The fourth-order valence-corrected chi connectivity index (χ4v) is 2.11. The fourth-order valence-electron chi connectivity index (χ4n) is 2.11. The van der Waals surface area contributed by atoms with Crippen LogP contribution in [0.25, 0.3) is 0 Å². The number of rotatable bonds is 0. The van der Waals surface area contributed by atoms with Crippen LogP contribution in [0.4, 0.5) is 0 Å². The third kappa shape index (κ3) is 1.16. The van der Waals surface area contributed by atoms with Crippen molar-refractivity contribution in [1.82, 2.24) is 9.80 Å². The lowest BCUT2D eigenvalue weighted by molar-refractivity contribution is 0.165. The summed E-state index contributed by atoms with van der Waals surface area (Å²) in [5, 5.41) is 0. The second-order valence-electron chi connectivity index (χ2n) is 3.71. The summed E-state index contributed by atoms with van der Waals surface area (Å²) in [6.07, 6.45) is 2.77. The van der Waals surface area contributed by atoms with Gasteiger partial charge in [-0.05, 0) is 19.4 Å². The van der Waals surface area contributed by atoms with Crippen molar-refractivity contribution >= 4 is 0 Å². The molecule has 2 nitrogen and oxygen atoms in total. The molecule has 0 spiro atoms. The molecule has 2 rings (SSSR count). The average molecular weight is 152 g/mol. The van der Waals surface area contributed by atoms with Gasteiger partial charge in [-0.2, -0.15) is 0 Å². The van der Waals surface area contributed by atoms with Crippen LogP contribution >= 0.6 is 0 Å². The Labute approximate surface area is 68.5 Å². The predicted octanol–water partition coefficient (Wildman–Crippen LogP) is 0.910. The second-order valence-corrected chi connectivity index (χ2v) is 3.71. The summed E-state index contributed by atoms with van der Waals surface area (Å²) in [5.74, 6) is 0. The highest BCUT2D eigenvalue weighted by molar-refractivity contribution is 5.04. The Bertz CT molecular complexity index is 176. The van der Waals surface area contributed by atoms with Crippen molar-refractivity contribution in [3.63, 3.8) is 0 Å². The first kappa shape index (κ1) is 7.17. The molecule has 0 N–H and O–H groups in total. The fraction of sp³-hybridized carbons (Fsp3) is 0.778. The summed E-state index contributed by atoms with van der Waals surface area (Å²) in [6, 6.07) is 0.825. The van der Waals surface area contributed by atoms with Crippen LogP contribution in [0.3, 0.4) is 0 Å². The lowest BCUT2D eigenvalue weighted by atomic mass is 10.1. The van der Waals surface area contributed by atoms with Gasteiger partial charge in [0.25, 0.3) is 0 Å². The zero-order chi connectivity index (χ0) is 7.84. The van der Waals surface area contributed by atoms with E-state index in [1.165, 1.54) is 31.6 Å². The van der Waals surface area contributed by atoms with Crippen LogP contribution in [0.15, 0.2) is 12.3 Å². The van der Waals surface area contributed by atoms with Crippen LogP contribution in [-0.2, 0) is 0 Å². The van der Waals surface area contributed by atoms with Gasteiger partial charge in [-0.3, -0.25) is 4.90 Å². The maximum absolute atomic E-state index is 4.04. The first-order valence-electron chi connectivity index (χ1n) is 4.40. The standard InChI is InChI=1S/C9H16N2/c1-8-6-11-5-3-4-9(11)7-10(8)2/h9H,1,3-7H2,2H3. The van der Waals surface area contributed by atoms with E-state index in [0.29, 0.717) is 0 Å². The van der Waals surface area contributed by atoms with E-state index in [4.69, 9.17) is 0 Å². The summed E-state index contributed by atoms with van der Waals surface area (Å²) >= 11 is 0. The Morgan fingerprint density at radius 1 is 1.55 bits per heavy atom. The van der Waals surface area contributed by atoms with Gasteiger partial charge in [-0.1, -0.05) is 6.58 Å². The van der Waals surface area contributed by atoms with Crippen molar-refractivity contribution in [1.29, 1.82) is 0 Å². The lowest BCUT2D eigenvalue weighted by Gasteiger charge is -2.38. The van der Waals surface area contributed by atoms with E-state index in [1.54, 1.807) is 0 Å². The molecule has 11 heavy (non-hydrogen) atoms.